The van der Waals surface area contributed by atoms with Crippen LogP contribution in [-0.4, -0.2) is 19.1 Å². The third-order valence-electron chi connectivity index (χ3n) is 5.29. The smallest absolute Gasteiger partial charge is 0.343 e. The number of nitrogens with zero attached hydrogens (tertiary/aromatic N) is 2. The summed E-state index contributed by atoms with van der Waals surface area (Å²) < 4.78 is 5.28. The van der Waals surface area contributed by atoms with E-state index in [1.54, 1.807) is 4.90 Å². The molecule has 1 aromatic rings. The number of aromatic nitrogens is 1. The number of rotatable bonds is 16. The zero-order valence-corrected chi connectivity index (χ0v) is 18.3. The lowest BCUT2D eigenvalue weighted by molar-refractivity contribution is 0.476. The molecule has 0 aliphatic carbocycles. The minimum Gasteiger partial charge on any atom is -0.389 e. The van der Waals surface area contributed by atoms with Gasteiger partial charge in [0.1, 0.15) is 0 Å². The largest absolute Gasteiger partial charge is 0.389 e. The Morgan fingerprint density at radius 2 is 1.22 bits per heavy atom. The number of aryl methyl sites for hydroxylation is 1. The zero-order valence-electron chi connectivity index (χ0n) is 18.3. The first-order valence-electron chi connectivity index (χ1n) is 11.2. The van der Waals surface area contributed by atoms with E-state index in [0.29, 0.717) is 6.01 Å². The zero-order chi connectivity index (χ0) is 19.9. The summed E-state index contributed by atoms with van der Waals surface area (Å²) in [4.78, 5) is 18.2. The van der Waals surface area contributed by atoms with Gasteiger partial charge in [0.25, 0.3) is 6.01 Å². The summed E-state index contributed by atoms with van der Waals surface area (Å²) >= 11 is 0. The lowest BCUT2D eigenvalue weighted by Crippen LogP contribution is -2.18. The number of unbranched alkanes of at least 4 members (excludes halogenated alkanes) is 13. The van der Waals surface area contributed by atoms with Gasteiger partial charge in [-0.15, -0.1) is 0 Å². The molecule has 0 aliphatic rings. The third kappa shape index (κ3) is 10.6. The van der Waals surface area contributed by atoms with Gasteiger partial charge in [-0.2, -0.15) is 0 Å². The molecule has 0 fully saturated rings. The molecule has 0 bridgehead atoms. The van der Waals surface area contributed by atoms with Crippen LogP contribution in [0, 0.1) is 6.92 Å². The minimum atomic E-state index is -0.221. The molecule has 0 unspecified atom stereocenters. The molecule has 1 aromatic heterocycles. The van der Waals surface area contributed by atoms with E-state index in [2.05, 4.69) is 11.9 Å². The van der Waals surface area contributed by atoms with Crippen LogP contribution in [0.15, 0.2) is 9.21 Å². The summed E-state index contributed by atoms with van der Waals surface area (Å²) in [5, 5.41) is 0. The quantitative estimate of drug-likeness (QED) is 0.311. The minimum absolute atomic E-state index is 0.221. The van der Waals surface area contributed by atoms with Crippen molar-refractivity contribution in [1.29, 1.82) is 0 Å². The fraction of sp³-hybridized carbons (Fsp3) is 0.826. The van der Waals surface area contributed by atoms with Gasteiger partial charge in [-0.1, -0.05) is 90.4 Å². The molecule has 0 aliphatic heterocycles. The Labute approximate surface area is 166 Å². The van der Waals surface area contributed by atoms with Crippen molar-refractivity contribution in [3.8, 4) is 0 Å². The van der Waals surface area contributed by atoms with Crippen molar-refractivity contribution in [3.05, 3.63) is 21.7 Å². The Morgan fingerprint density at radius 3 is 1.63 bits per heavy atom. The van der Waals surface area contributed by atoms with Crippen molar-refractivity contribution >= 4 is 6.01 Å². The number of hydrogen-bond donors (Lipinski definition) is 0. The fourth-order valence-electron chi connectivity index (χ4n) is 3.50. The highest BCUT2D eigenvalue weighted by atomic mass is 16.4. The van der Waals surface area contributed by atoms with Gasteiger partial charge in [0.15, 0.2) is 0 Å². The molecule has 0 radical (unpaired) electrons. The molecule has 0 aromatic carbocycles. The molecule has 0 amide bonds. The predicted octanol–water partition coefficient (Wildman–Crippen LogP) is 6.43. The standard InChI is InChI=1S/C23H42N2O2/c1-5-6-7-8-9-10-11-12-13-14-15-16-17-18-19-21-20(2)24-23(25(3)4)27-22(21)26/h5-19H2,1-4H3. The van der Waals surface area contributed by atoms with Crippen molar-refractivity contribution in [2.24, 2.45) is 0 Å². The molecule has 156 valence electrons. The maximum Gasteiger partial charge on any atom is 0.343 e. The normalized spacial score (nSPS) is 11.1. The second-order valence-electron chi connectivity index (χ2n) is 8.09. The van der Waals surface area contributed by atoms with Gasteiger partial charge in [-0.3, -0.25) is 0 Å². The van der Waals surface area contributed by atoms with Crippen molar-refractivity contribution in [2.45, 2.75) is 110 Å². The summed E-state index contributed by atoms with van der Waals surface area (Å²) in [6, 6.07) is 0.391. The van der Waals surface area contributed by atoms with E-state index in [4.69, 9.17) is 4.42 Å². The van der Waals surface area contributed by atoms with Crippen molar-refractivity contribution < 1.29 is 4.42 Å². The van der Waals surface area contributed by atoms with Crippen molar-refractivity contribution in [1.82, 2.24) is 4.98 Å². The maximum absolute atomic E-state index is 12.1. The highest BCUT2D eigenvalue weighted by Gasteiger charge is 2.11. The van der Waals surface area contributed by atoms with Gasteiger partial charge in [-0.25, -0.2) is 9.78 Å². The van der Waals surface area contributed by atoms with Crippen molar-refractivity contribution in [2.75, 3.05) is 19.0 Å². The van der Waals surface area contributed by atoms with E-state index in [-0.39, 0.29) is 5.63 Å². The van der Waals surface area contributed by atoms with Crippen LogP contribution >= 0.6 is 0 Å². The Morgan fingerprint density at radius 1 is 0.778 bits per heavy atom. The van der Waals surface area contributed by atoms with E-state index in [9.17, 15) is 4.79 Å². The van der Waals surface area contributed by atoms with E-state index in [0.717, 1.165) is 24.1 Å². The van der Waals surface area contributed by atoms with E-state index < -0.39 is 0 Å². The van der Waals surface area contributed by atoms with Gasteiger partial charge in [-0.05, 0) is 19.8 Å². The van der Waals surface area contributed by atoms with E-state index in [1.165, 1.54) is 83.5 Å². The van der Waals surface area contributed by atoms with Crippen LogP contribution in [0.5, 0.6) is 0 Å². The SMILES string of the molecule is CCCCCCCCCCCCCCCCc1c(C)nc(N(C)C)oc1=O. The summed E-state index contributed by atoms with van der Waals surface area (Å²) in [6.07, 6.45) is 19.6. The number of anilines is 1. The van der Waals surface area contributed by atoms with Crippen LogP contribution in [0.2, 0.25) is 0 Å². The van der Waals surface area contributed by atoms with Gasteiger partial charge in [0.05, 0.1) is 11.3 Å². The van der Waals surface area contributed by atoms with Crippen molar-refractivity contribution in [3.63, 3.8) is 0 Å². The van der Waals surface area contributed by atoms with E-state index in [1.807, 2.05) is 21.0 Å². The summed E-state index contributed by atoms with van der Waals surface area (Å²) in [5.74, 6) is 0. The Bertz CT molecular complexity index is 552. The maximum atomic E-state index is 12.1. The second-order valence-corrected chi connectivity index (χ2v) is 8.09. The molecule has 4 heteroatoms. The molecule has 0 saturated carbocycles. The molecule has 0 atom stereocenters. The summed E-state index contributed by atoms with van der Waals surface area (Å²) in [6.45, 7) is 4.18. The lowest BCUT2D eigenvalue weighted by atomic mass is 10.0. The monoisotopic (exact) mass is 378 g/mol. The van der Waals surface area contributed by atoms with Gasteiger partial charge < -0.3 is 9.32 Å². The van der Waals surface area contributed by atoms with Crippen LogP contribution in [-0.2, 0) is 6.42 Å². The first kappa shape index (κ1) is 23.7. The second kappa shape index (κ2) is 14.7. The first-order valence-corrected chi connectivity index (χ1v) is 11.2. The topological polar surface area (TPSA) is 46.3 Å². The van der Waals surface area contributed by atoms with Crippen LogP contribution < -0.4 is 10.5 Å². The predicted molar refractivity (Wildman–Crippen MR) is 116 cm³/mol. The molecule has 0 spiro atoms. The highest BCUT2D eigenvalue weighted by Crippen LogP contribution is 2.15. The summed E-state index contributed by atoms with van der Waals surface area (Å²) in [5.41, 5.74) is 1.34. The average molecular weight is 379 g/mol. The Kier molecular flexibility index (Phi) is 12.9. The molecule has 1 heterocycles. The van der Waals surface area contributed by atoms with Crippen LogP contribution in [0.4, 0.5) is 6.01 Å². The van der Waals surface area contributed by atoms with Crippen LogP contribution in [0.1, 0.15) is 108 Å². The van der Waals surface area contributed by atoms with E-state index >= 15 is 0 Å². The lowest BCUT2D eigenvalue weighted by Gasteiger charge is -2.11. The number of hydrogen-bond acceptors (Lipinski definition) is 4. The Balaban J connectivity index is 2.01. The van der Waals surface area contributed by atoms with Crippen LogP contribution in [0.3, 0.4) is 0 Å². The summed E-state index contributed by atoms with van der Waals surface area (Å²) in [7, 11) is 3.66. The average Bonchev–Trinajstić information content (AvgIpc) is 2.63. The molecule has 0 N–H and O–H groups in total. The molecule has 1 rings (SSSR count). The van der Waals surface area contributed by atoms with Gasteiger partial charge in [0, 0.05) is 14.1 Å². The molecule has 27 heavy (non-hydrogen) atoms. The molecular weight excluding hydrogens is 336 g/mol. The first-order chi connectivity index (χ1) is 13.1. The Hall–Kier alpha value is -1.32. The van der Waals surface area contributed by atoms with Gasteiger partial charge in [0.2, 0.25) is 0 Å². The molecule has 0 saturated heterocycles. The third-order valence-corrected chi connectivity index (χ3v) is 5.29. The highest BCUT2D eigenvalue weighted by molar-refractivity contribution is 5.26. The molecule has 4 nitrogen and oxygen atoms in total. The molecular formula is C23H42N2O2. The van der Waals surface area contributed by atoms with Crippen LogP contribution in [0.25, 0.3) is 0 Å². The fourth-order valence-corrected chi connectivity index (χ4v) is 3.50. The van der Waals surface area contributed by atoms with Gasteiger partial charge >= 0.3 is 5.63 Å².